The Labute approximate surface area is 111 Å². The first-order valence-corrected chi connectivity index (χ1v) is 6.84. The van der Waals surface area contributed by atoms with E-state index in [0.717, 1.165) is 34.9 Å². The van der Waals surface area contributed by atoms with Crippen LogP contribution in [0.5, 0.6) is 11.5 Å². The highest BCUT2D eigenvalue weighted by Crippen LogP contribution is 2.35. The van der Waals surface area contributed by atoms with Crippen molar-refractivity contribution in [2.45, 2.75) is 19.4 Å². The lowest BCUT2D eigenvalue weighted by Gasteiger charge is -2.17. The normalized spacial score (nSPS) is 25.9. The molecule has 5 nitrogen and oxygen atoms in total. The molecule has 1 aromatic heterocycles. The van der Waals surface area contributed by atoms with Gasteiger partial charge in [0.2, 0.25) is 0 Å². The van der Waals surface area contributed by atoms with Gasteiger partial charge in [0.1, 0.15) is 19.0 Å². The van der Waals surface area contributed by atoms with Crippen molar-refractivity contribution in [3.05, 3.63) is 18.0 Å². The standard InChI is InChI=1S/C14H17N3O2/c1-8-2-3-15-13(8)14-16-9-6-11-12(7-10(9)17-14)19-5-4-18-11/h6-8,13,15H,2-5H2,1H3,(H,16,17). The molecule has 1 fully saturated rings. The molecule has 0 spiro atoms. The number of imidazole rings is 1. The minimum Gasteiger partial charge on any atom is -0.486 e. The fourth-order valence-electron chi connectivity index (χ4n) is 2.91. The molecule has 19 heavy (non-hydrogen) atoms. The van der Waals surface area contributed by atoms with E-state index in [1.54, 1.807) is 0 Å². The number of aromatic amines is 1. The summed E-state index contributed by atoms with van der Waals surface area (Å²) in [4.78, 5) is 8.11. The second-order valence-corrected chi connectivity index (χ2v) is 5.33. The SMILES string of the molecule is CC1CCNC1c1nc2cc3c(cc2[nH]1)OCCO3. The number of hydrogen-bond donors (Lipinski definition) is 2. The Bertz CT molecular complexity index is 579. The zero-order valence-corrected chi connectivity index (χ0v) is 10.9. The van der Waals surface area contributed by atoms with Crippen LogP contribution in [0, 0.1) is 5.92 Å². The molecule has 0 saturated carbocycles. The lowest BCUT2D eigenvalue weighted by Crippen LogP contribution is -2.17. The molecular weight excluding hydrogens is 242 g/mol. The number of nitrogens with one attached hydrogen (secondary N) is 2. The van der Waals surface area contributed by atoms with E-state index in [1.807, 2.05) is 12.1 Å². The molecule has 2 aliphatic heterocycles. The Balaban J connectivity index is 1.78. The van der Waals surface area contributed by atoms with Gasteiger partial charge in [-0.2, -0.15) is 0 Å². The summed E-state index contributed by atoms with van der Waals surface area (Å²) < 4.78 is 11.2. The van der Waals surface area contributed by atoms with Gasteiger partial charge in [-0.1, -0.05) is 6.92 Å². The Morgan fingerprint density at radius 3 is 2.74 bits per heavy atom. The Morgan fingerprint density at radius 1 is 1.21 bits per heavy atom. The molecule has 2 aliphatic rings. The van der Waals surface area contributed by atoms with Gasteiger partial charge in [0, 0.05) is 12.1 Å². The van der Waals surface area contributed by atoms with Crippen LogP contribution in [-0.2, 0) is 0 Å². The topological polar surface area (TPSA) is 59.2 Å². The molecule has 1 saturated heterocycles. The van der Waals surface area contributed by atoms with Crippen LogP contribution < -0.4 is 14.8 Å². The average Bonchev–Trinajstić information content (AvgIpc) is 3.01. The third-order valence-corrected chi connectivity index (χ3v) is 3.99. The van der Waals surface area contributed by atoms with Gasteiger partial charge in [0.25, 0.3) is 0 Å². The monoisotopic (exact) mass is 259 g/mol. The first-order valence-electron chi connectivity index (χ1n) is 6.84. The van der Waals surface area contributed by atoms with Gasteiger partial charge in [-0.15, -0.1) is 0 Å². The van der Waals surface area contributed by atoms with Gasteiger partial charge in [0.15, 0.2) is 11.5 Å². The Hall–Kier alpha value is -1.75. The van der Waals surface area contributed by atoms with Gasteiger partial charge in [-0.05, 0) is 18.9 Å². The molecular formula is C14H17N3O2. The van der Waals surface area contributed by atoms with Crippen molar-refractivity contribution in [2.24, 2.45) is 5.92 Å². The van der Waals surface area contributed by atoms with Crippen molar-refractivity contribution >= 4 is 11.0 Å². The number of aromatic nitrogens is 2. The second kappa shape index (κ2) is 4.13. The molecule has 0 radical (unpaired) electrons. The van der Waals surface area contributed by atoms with Gasteiger partial charge in [-0.3, -0.25) is 0 Å². The number of benzene rings is 1. The van der Waals surface area contributed by atoms with Crippen LogP contribution >= 0.6 is 0 Å². The van der Waals surface area contributed by atoms with Crippen LogP contribution in [-0.4, -0.2) is 29.7 Å². The van der Waals surface area contributed by atoms with E-state index in [2.05, 4.69) is 17.2 Å². The summed E-state index contributed by atoms with van der Waals surface area (Å²) in [6.45, 7) is 4.54. The number of ether oxygens (including phenoxy) is 2. The zero-order valence-electron chi connectivity index (χ0n) is 10.9. The van der Waals surface area contributed by atoms with E-state index in [4.69, 9.17) is 14.5 Å². The van der Waals surface area contributed by atoms with E-state index < -0.39 is 0 Å². The Kier molecular flexibility index (Phi) is 2.41. The molecule has 4 rings (SSSR count). The van der Waals surface area contributed by atoms with E-state index in [0.29, 0.717) is 25.2 Å². The number of H-pyrrole nitrogens is 1. The van der Waals surface area contributed by atoms with Crippen molar-refractivity contribution in [3.63, 3.8) is 0 Å². The van der Waals surface area contributed by atoms with Gasteiger partial charge in [-0.25, -0.2) is 4.98 Å². The fraction of sp³-hybridized carbons (Fsp3) is 0.500. The molecule has 0 amide bonds. The van der Waals surface area contributed by atoms with Crippen LogP contribution in [0.4, 0.5) is 0 Å². The number of hydrogen-bond acceptors (Lipinski definition) is 4. The first kappa shape index (κ1) is 11.1. The smallest absolute Gasteiger partial charge is 0.163 e. The highest BCUT2D eigenvalue weighted by atomic mass is 16.6. The van der Waals surface area contributed by atoms with Crippen LogP contribution in [0.3, 0.4) is 0 Å². The van der Waals surface area contributed by atoms with E-state index in [9.17, 15) is 0 Å². The average molecular weight is 259 g/mol. The molecule has 2 aromatic rings. The summed E-state index contributed by atoms with van der Waals surface area (Å²) in [6.07, 6.45) is 1.20. The van der Waals surface area contributed by atoms with Gasteiger partial charge >= 0.3 is 0 Å². The number of fused-ring (bicyclic) bond motifs is 2. The predicted molar refractivity (Wildman–Crippen MR) is 71.6 cm³/mol. The molecule has 2 atom stereocenters. The maximum absolute atomic E-state index is 5.60. The Morgan fingerprint density at radius 2 is 2.00 bits per heavy atom. The second-order valence-electron chi connectivity index (χ2n) is 5.33. The lowest BCUT2D eigenvalue weighted by atomic mass is 10.0. The largest absolute Gasteiger partial charge is 0.486 e. The van der Waals surface area contributed by atoms with Crippen LogP contribution in [0.2, 0.25) is 0 Å². The minimum atomic E-state index is 0.325. The molecule has 100 valence electrons. The maximum Gasteiger partial charge on any atom is 0.163 e. The third-order valence-electron chi connectivity index (χ3n) is 3.99. The molecule has 0 bridgehead atoms. The summed E-state index contributed by atoms with van der Waals surface area (Å²) in [7, 11) is 0. The maximum atomic E-state index is 5.60. The van der Waals surface area contributed by atoms with E-state index >= 15 is 0 Å². The predicted octanol–water partition coefficient (Wildman–Crippen LogP) is 2.00. The van der Waals surface area contributed by atoms with Gasteiger partial charge in [0.05, 0.1) is 17.1 Å². The molecule has 0 aliphatic carbocycles. The molecule has 5 heteroatoms. The van der Waals surface area contributed by atoms with E-state index in [-0.39, 0.29) is 0 Å². The first-order chi connectivity index (χ1) is 9.31. The van der Waals surface area contributed by atoms with Crippen LogP contribution in [0.1, 0.15) is 25.2 Å². The van der Waals surface area contributed by atoms with Crippen molar-refractivity contribution in [1.29, 1.82) is 0 Å². The van der Waals surface area contributed by atoms with Gasteiger partial charge < -0.3 is 19.8 Å². The van der Waals surface area contributed by atoms with Crippen molar-refractivity contribution < 1.29 is 9.47 Å². The summed E-state index contributed by atoms with van der Waals surface area (Å²) in [5.41, 5.74) is 1.96. The summed E-state index contributed by atoms with van der Waals surface area (Å²) >= 11 is 0. The van der Waals surface area contributed by atoms with Crippen molar-refractivity contribution in [1.82, 2.24) is 15.3 Å². The fourth-order valence-corrected chi connectivity index (χ4v) is 2.91. The summed E-state index contributed by atoms with van der Waals surface area (Å²) in [5, 5.41) is 3.50. The molecule has 1 aromatic carbocycles. The highest BCUT2D eigenvalue weighted by molar-refractivity contribution is 5.80. The van der Waals surface area contributed by atoms with Crippen LogP contribution in [0.15, 0.2) is 12.1 Å². The zero-order chi connectivity index (χ0) is 12.8. The van der Waals surface area contributed by atoms with E-state index in [1.165, 1.54) is 6.42 Å². The quantitative estimate of drug-likeness (QED) is 0.822. The summed E-state index contributed by atoms with van der Waals surface area (Å²) in [6, 6.07) is 4.27. The van der Waals surface area contributed by atoms with Crippen molar-refractivity contribution in [2.75, 3.05) is 19.8 Å². The lowest BCUT2D eigenvalue weighted by molar-refractivity contribution is 0.172. The number of rotatable bonds is 1. The molecule has 3 heterocycles. The minimum absolute atomic E-state index is 0.325. The highest BCUT2D eigenvalue weighted by Gasteiger charge is 2.27. The molecule has 2 unspecified atom stereocenters. The third kappa shape index (κ3) is 1.76. The van der Waals surface area contributed by atoms with Crippen LogP contribution in [0.25, 0.3) is 11.0 Å². The van der Waals surface area contributed by atoms with Crippen molar-refractivity contribution in [3.8, 4) is 11.5 Å². The number of nitrogens with zero attached hydrogens (tertiary/aromatic N) is 1. The summed E-state index contributed by atoms with van der Waals surface area (Å²) in [5.74, 6) is 3.23. The molecule has 2 N–H and O–H groups in total.